The van der Waals surface area contributed by atoms with Gasteiger partial charge in [-0.15, -0.1) is 0 Å². The maximum Gasteiger partial charge on any atom is 0.348 e. The molecule has 1 aromatic rings. The van der Waals surface area contributed by atoms with Gasteiger partial charge in [0, 0.05) is 5.92 Å². The zero-order valence-electron chi connectivity index (χ0n) is 9.23. The summed E-state index contributed by atoms with van der Waals surface area (Å²) in [7, 11) is 0. The molecule has 1 fully saturated rings. The van der Waals surface area contributed by atoms with Crippen LogP contribution in [-0.4, -0.2) is 14.9 Å². The van der Waals surface area contributed by atoms with Crippen molar-refractivity contribution in [3.8, 4) is 0 Å². The smallest absolute Gasteiger partial charge is 0.348 e. The van der Waals surface area contributed by atoms with Gasteiger partial charge in [-0.25, -0.2) is 9.97 Å². The summed E-state index contributed by atoms with van der Waals surface area (Å²) < 4.78 is 0. The number of hydrogen-bond acceptors (Lipinski definition) is 5. The third-order valence-electron chi connectivity index (χ3n) is 3.04. The first-order valence-corrected chi connectivity index (χ1v) is 5.94. The van der Waals surface area contributed by atoms with Gasteiger partial charge in [0.05, 0.1) is 4.92 Å². The van der Waals surface area contributed by atoms with Crippen molar-refractivity contribution in [3.05, 3.63) is 21.1 Å². The SMILES string of the molecule is Nc1nc(C2CCCCC2)nc(Cl)c1[N+](=O)[O-]. The average molecular weight is 257 g/mol. The molecule has 0 saturated heterocycles. The van der Waals surface area contributed by atoms with E-state index < -0.39 is 10.6 Å². The van der Waals surface area contributed by atoms with Crippen LogP contribution in [-0.2, 0) is 0 Å². The van der Waals surface area contributed by atoms with Crippen molar-refractivity contribution < 1.29 is 4.92 Å². The fourth-order valence-corrected chi connectivity index (χ4v) is 2.43. The Bertz CT molecular complexity index is 423. The van der Waals surface area contributed by atoms with E-state index in [0.29, 0.717) is 5.82 Å². The third-order valence-corrected chi connectivity index (χ3v) is 3.30. The Morgan fingerprint density at radius 2 is 1.94 bits per heavy atom. The molecule has 1 aromatic heterocycles. The number of nitrogens with two attached hydrogens (primary N) is 1. The highest BCUT2D eigenvalue weighted by atomic mass is 35.5. The molecule has 92 valence electrons. The van der Waals surface area contributed by atoms with Gasteiger partial charge < -0.3 is 5.73 Å². The van der Waals surface area contributed by atoms with Crippen molar-refractivity contribution in [1.82, 2.24) is 9.97 Å². The molecule has 2 N–H and O–H groups in total. The molecule has 1 aliphatic carbocycles. The van der Waals surface area contributed by atoms with E-state index in [2.05, 4.69) is 9.97 Å². The molecule has 17 heavy (non-hydrogen) atoms. The van der Waals surface area contributed by atoms with Crippen molar-refractivity contribution in [2.75, 3.05) is 5.73 Å². The van der Waals surface area contributed by atoms with Gasteiger partial charge in [-0.1, -0.05) is 30.9 Å². The Labute approximate surface area is 103 Å². The molecule has 6 nitrogen and oxygen atoms in total. The molecule has 0 spiro atoms. The minimum Gasteiger partial charge on any atom is -0.378 e. The number of nitro groups is 1. The van der Waals surface area contributed by atoms with Crippen LogP contribution in [0.25, 0.3) is 0 Å². The fraction of sp³-hybridized carbons (Fsp3) is 0.600. The van der Waals surface area contributed by atoms with Gasteiger partial charge in [0.2, 0.25) is 11.0 Å². The van der Waals surface area contributed by atoms with Gasteiger partial charge in [0.25, 0.3) is 0 Å². The van der Waals surface area contributed by atoms with Crippen molar-refractivity contribution in [2.24, 2.45) is 0 Å². The molecule has 1 heterocycles. The van der Waals surface area contributed by atoms with Crippen LogP contribution in [0.15, 0.2) is 0 Å². The van der Waals surface area contributed by atoms with Crippen molar-refractivity contribution >= 4 is 23.1 Å². The maximum absolute atomic E-state index is 10.7. The molecule has 0 aromatic carbocycles. The number of halogens is 1. The Morgan fingerprint density at radius 3 is 2.47 bits per heavy atom. The average Bonchev–Trinajstić information content (AvgIpc) is 2.28. The van der Waals surface area contributed by atoms with Crippen LogP contribution < -0.4 is 5.73 Å². The van der Waals surface area contributed by atoms with Gasteiger partial charge in [0.1, 0.15) is 5.82 Å². The first-order valence-electron chi connectivity index (χ1n) is 5.57. The highest BCUT2D eigenvalue weighted by Gasteiger charge is 2.25. The topological polar surface area (TPSA) is 94.9 Å². The number of anilines is 1. The lowest BCUT2D eigenvalue weighted by Gasteiger charge is -2.20. The first-order chi connectivity index (χ1) is 8.09. The summed E-state index contributed by atoms with van der Waals surface area (Å²) in [4.78, 5) is 18.1. The monoisotopic (exact) mass is 256 g/mol. The lowest BCUT2D eigenvalue weighted by Crippen LogP contribution is -2.12. The van der Waals surface area contributed by atoms with E-state index in [9.17, 15) is 10.1 Å². The minimum absolute atomic E-state index is 0.143. The number of aromatic nitrogens is 2. The van der Waals surface area contributed by atoms with Crippen LogP contribution in [0.2, 0.25) is 5.15 Å². The molecule has 0 unspecified atom stereocenters. The lowest BCUT2D eigenvalue weighted by molar-refractivity contribution is -0.384. The van der Waals surface area contributed by atoms with Crippen LogP contribution in [0.4, 0.5) is 11.5 Å². The van der Waals surface area contributed by atoms with E-state index in [0.717, 1.165) is 25.7 Å². The van der Waals surface area contributed by atoms with E-state index in [1.165, 1.54) is 6.42 Å². The molecule has 2 rings (SSSR count). The van der Waals surface area contributed by atoms with Gasteiger partial charge in [-0.2, -0.15) is 0 Å². The van der Waals surface area contributed by atoms with Crippen LogP contribution in [0.5, 0.6) is 0 Å². The lowest BCUT2D eigenvalue weighted by atomic mass is 9.89. The van der Waals surface area contributed by atoms with E-state index in [4.69, 9.17) is 17.3 Å². The maximum atomic E-state index is 10.7. The largest absolute Gasteiger partial charge is 0.378 e. The molecule has 7 heteroatoms. The Hall–Kier alpha value is -1.43. The normalized spacial score (nSPS) is 17.0. The van der Waals surface area contributed by atoms with E-state index in [1.807, 2.05) is 0 Å². The van der Waals surface area contributed by atoms with Gasteiger partial charge in [-0.05, 0) is 12.8 Å². The second-order valence-electron chi connectivity index (χ2n) is 4.20. The predicted molar refractivity (Wildman–Crippen MR) is 63.9 cm³/mol. The first kappa shape index (κ1) is 12.0. The summed E-state index contributed by atoms with van der Waals surface area (Å²) in [6.07, 6.45) is 5.46. The minimum atomic E-state index is -0.650. The molecule has 0 bridgehead atoms. The quantitative estimate of drug-likeness (QED) is 0.499. The molecular formula is C10H13ClN4O2. The Morgan fingerprint density at radius 1 is 1.29 bits per heavy atom. The summed E-state index contributed by atoms with van der Waals surface area (Å²) in [5.41, 5.74) is 5.16. The molecule has 1 aliphatic rings. The summed E-state index contributed by atoms with van der Waals surface area (Å²) in [5.74, 6) is 0.623. The summed E-state index contributed by atoms with van der Waals surface area (Å²) >= 11 is 5.78. The predicted octanol–water partition coefficient (Wildman–Crippen LogP) is 2.67. The van der Waals surface area contributed by atoms with Crippen molar-refractivity contribution in [3.63, 3.8) is 0 Å². The molecule has 0 aliphatic heterocycles. The Kier molecular flexibility index (Phi) is 3.42. The van der Waals surface area contributed by atoms with Crippen LogP contribution in [0.1, 0.15) is 43.8 Å². The van der Waals surface area contributed by atoms with Gasteiger partial charge in [0.15, 0.2) is 0 Å². The highest BCUT2D eigenvalue weighted by molar-refractivity contribution is 6.31. The number of rotatable bonds is 2. The summed E-state index contributed by atoms with van der Waals surface area (Å²) in [6.45, 7) is 0. The summed E-state index contributed by atoms with van der Waals surface area (Å²) in [6, 6.07) is 0. The van der Waals surface area contributed by atoms with Gasteiger partial charge >= 0.3 is 5.69 Å². The number of nitrogen functional groups attached to an aromatic ring is 1. The second kappa shape index (κ2) is 4.83. The molecular weight excluding hydrogens is 244 g/mol. The van der Waals surface area contributed by atoms with E-state index in [-0.39, 0.29) is 16.9 Å². The third kappa shape index (κ3) is 2.46. The second-order valence-corrected chi connectivity index (χ2v) is 4.56. The molecule has 0 radical (unpaired) electrons. The highest BCUT2D eigenvalue weighted by Crippen LogP contribution is 2.34. The molecule has 0 atom stereocenters. The summed E-state index contributed by atoms with van der Waals surface area (Å²) in [5, 5.41) is 10.5. The standard InChI is InChI=1S/C10H13ClN4O2/c11-8-7(15(16)17)9(12)14-10(13-8)6-4-2-1-3-5-6/h6H,1-5H2,(H2,12,13,14). The van der Waals surface area contributed by atoms with Crippen LogP contribution in [0, 0.1) is 10.1 Å². The van der Waals surface area contributed by atoms with Crippen LogP contribution in [0.3, 0.4) is 0 Å². The Balaban J connectivity index is 2.34. The zero-order chi connectivity index (χ0) is 12.4. The number of nitrogens with zero attached hydrogens (tertiary/aromatic N) is 3. The molecule has 1 saturated carbocycles. The van der Waals surface area contributed by atoms with E-state index >= 15 is 0 Å². The van der Waals surface area contributed by atoms with Crippen LogP contribution >= 0.6 is 11.6 Å². The zero-order valence-corrected chi connectivity index (χ0v) is 9.98. The number of hydrogen-bond donors (Lipinski definition) is 1. The van der Waals surface area contributed by atoms with E-state index in [1.54, 1.807) is 0 Å². The van der Waals surface area contributed by atoms with Crippen molar-refractivity contribution in [2.45, 2.75) is 38.0 Å². The molecule has 0 amide bonds. The van der Waals surface area contributed by atoms with Gasteiger partial charge in [-0.3, -0.25) is 10.1 Å². The fourth-order valence-electron chi connectivity index (χ4n) is 2.17. The van der Waals surface area contributed by atoms with Crippen molar-refractivity contribution in [1.29, 1.82) is 0 Å².